The summed E-state index contributed by atoms with van der Waals surface area (Å²) in [7, 11) is 0. The van der Waals surface area contributed by atoms with Crippen LogP contribution in [0.5, 0.6) is 0 Å². The molecule has 0 unspecified atom stereocenters. The highest BCUT2D eigenvalue weighted by Crippen LogP contribution is 2.43. The molecule has 0 atom stereocenters. The molecule has 0 aliphatic carbocycles. The minimum absolute atomic E-state index is 0.753. The average Bonchev–Trinajstić information content (AvgIpc) is 2.70. The number of nitrogen functional groups attached to an aromatic ring is 1. The highest BCUT2D eigenvalue weighted by Gasteiger charge is 2.09. The third-order valence-corrected chi connectivity index (χ3v) is 5.27. The third-order valence-electron chi connectivity index (χ3n) is 2.62. The number of halogens is 1. The molecule has 0 saturated heterocycles. The molecule has 0 aliphatic heterocycles. The van der Waals surface area contributed by atoms with E-state index in [1.54, 1.807) is 23.1 Å². The van der Waals surface area contributed by atoms with Gasteiger partial charge in [0.15, 0.2) is 0 Å². The van der Waals surface area contributed by atoms with Crippen LogP contribution in [0.25, 0.3) is 10.1 Å². The molecule has 0 aliphatic rings. The van der Waals surface area contributed by atoms with Crippen molar-refractivity contribution in [1.82, 2.24) is 0 Å². The summed E-state index contributed by atoms with van der Waals surface area (Å²) < 4.78 is 2.37. The molecule has 3 rings (SSSR count). The summed E-state index contributed by atoms with van der Waals surface area (Å²) in [5.41, 5.74) is 7.05. The Morgan fingerprint density at radius 1 is 1.00 bits per heavy atom. The molecule has 0 fully saturated rings. The van der Waals surface area contributed by atoms with Gasteiger partial charge >= 0.3 is 0 Å². The normalized spacial score (nSPS) is 10.9. The fourth-order valence-corrected chi connectivity index (χ4v) is 4.14. The van der Waals surface area contributed by atoms with Crippen molar-refractivity contribution in [2.45, 2.75) is 9.10 Å². The van der Waals surface area contributed by atoms with Gasteiger partial charge in [0.05, 0.1) is 9.90 Å². The topological polar surface area (TPSA) is 26.0 Å². The number of hydrogen-bond acceptors (Lipinski definition) is 3. The largest absolute Gasteiger partial charge is 0.397 e. The highest BCUT2D eigenvalue weighted by atomic mass is 35.5. The zero-order valence-electron chi connectivity index (χ0n) is 9.39. The van der Waals surface area contributed by atoms with Crippen LogP contribution in [-0.4, -0.2) is 0 Å². The van der Waals surface area contributed by atoms with Gasteiger partial charge in [0.25, 0.3) is 0 Å². The predicted octanol–water partition coefficient (Wildman–Crippen LogP) is 5.29. The Balaban J connectivity index is 1.99. The monoisotopic (exact) mass is 291 g/mol. The van der Waals surface area contributed by atoms with Gasteiger partial charge in [-0.3, -0.25) is 0 Å². The molecule has 1 heterocycles. The van der Waals surface area contributed by atoms with Gasteiger partial charge in [-0.15, -0.1) is 11.3 Å². The molecule has 0 bridgehead atoms. The second kappa shape index (κ2) is 4.84. The van der Waals surface area contributed by atoms with Gasteiger partial charge in [-0.05, 0) is 30.3 Å². The van der Waals surface area contributed by atoms with E-state index in [0.29, 0.717) is 0 Å². The van der Waals surface area contributed by atoms with Crippen molar-refractivity contribution in [3.63, 3.8) is 0 Å². The molecule has 0 radical (unpaired) electrons. The van der Waals surface area contributed by atoms with Gasteiger partial charge in [-0.25, -0.2) is 0 Å². The Morgan fingerprint density at radius 3 is 2.44 bits per heavy atom. The molecule has 0 saturated carbocycles. The molecule has 2 aromatic carbocycles. The number of thiophene rings is 1. The number of nitrogens with two attached hydrogens (primary N) is 1. The summed E-state index contributed by atoms with van der Waals surface area (Å²) in [5.74, 6) is 0. The summed E-state index contributed by atoms with van der Waals surface area (Å²) >= 11 is 9.29. The predicted molar refractivity (Wildman–Crippen MR) is 81.8 cm³/mol. The maximum atomic E-state index is 6.18. The van der Waals surface area contributed by atoms with E-state index in [1.165, 1.54) is 4.70 Å². The van der Waals surface area contributed by atoms with E-state index >= 15 is 0 Å². The second-order valence-electron chi connectivity index (χ2n) is 3.86. The van der Waals surface area contributed by atoms with Crippen LogP contribution in [0.2, 0.25) is 5.02 Å². The number of hydrogen-bond donors (Lipinski definition) is 1. The van der Waals surface area contributed by atoms with Crippen LogP contribution in [0.1, 0.15) is 0 Å². The molecule has 3 aromatic rings. The van der Waals surface area contributed by atoms with E-state index in [0.717, 1.165) is 25.2 Å². The molecule has 0 amide bonds. The van der Waals surface area contributed by atoms with Gasteiger partial charge in [0.1, 0.15) is 0 Å². The Morgan fingerprint density at radius 2 is 1.72 bits per heavy atom. The minimum atomic E-state index is 0.753. The fourth-order valence-electron chi connectivity index (χ4n) is 1.73. The number of benzene rings is 2. The Hall–Kier alpha value is -1.16. The van der Waals surface area contributed by atoms with Crippen molar-refractivity contribution in [1.29, 1.82) is 0 Å². The lowest BCUT2D eigenvalue weighted by molar-refractivity contribution is 1.46. The average molecular weight is 292 g/mol. The first-order valence-electron chi connectivity index (χ1n) is 5.44. The van der Waals surface area contributed by atoms with Crippen LogP contribution in [0.4, 0.5) is 5.69 Å². The van der Waals surface area contributed by atoms with E-state index in [-0.39, 0.29) is 0 Å². The Kier molecular flexibility index (Phi) is 3.20. The summed E-state index contributed by atoms with van der Waals surface area (Å²) in [6.07, 6.45) is 0. The lowest BCUT2D eigenvalue weighted by Gasteiger charge is -2.00. The highest BCUT2D eigenvalue weighted by molar-refractivity contribution is 8.01. The Labute approximate surface area is 119 Å². The zero-order valence-corrected chi connectivity index (χ0v) is 11.8. The van der Waals surface area contributed by atoms with Crippen LogP contribution in [0.3, 0.4) is 0 Å². The third kappa shape index (κ3) is 2.21. The second-order valence-corrected chi connectivity index (χ2v) is 6.69. The van der Waals surface area contributed by atoms with Crippen LogP contribution in [-0.2, 0) is 0 Å². The van der Waals surface area contributed by atoms with E-state index in [4.69, 9.17) is 17.3 Å². The number of rotatable bonds is 2. The van der Waals surface area contributed by atoms with Crippen LogP contribution in [0.15, 0.2) is 57.6 Å². The Bertz CT molecular complexity index is 689. The molecular formula is C14H10ClNS2. The number of fused-ring (bicyclic) bond motifs is 1. The first-order chi connectivity index (χ1) is 8.74. The molecule has 18 heavy (non-hydrogen) atoms. The van der Waals surface area contributed by atoms with E-state index in [1.807, 2.05) is 36.4 Å². The van der Waals surface area contributed by atoms with Crippen molar-refractivity contribution in [2.75, 3.05) is 5.73 Å². The fraction of sp³-hybridized carbons (Fsp3) is 0. The van der Waals surface area contributed by atoms with Crippen LogP contribution < -0.4 is 5.73 Å². The van der Waals surface area contributed by atoms with Gasteiger partial charge in [0.2, 0.25) is 0 Å². The molecular weight excluding hydrogens is 282 g/mol. The summed E-state index contributed by atoms with van der Waals surface area (Å²) in [6, 6.07) is 16.0. The smallest absolute Gasteiger partial charge is 0.0889 e. The molecule has 4 heteroatoms. The van der Waals surface area contributed by atoms with E-state index in [2.05, 4.69) is 12.1 Å². The van der Waals surface area contributed by atoms with Crippen LogP contribution >= 0.6 is 34.7 Å². The van der Waals surface area contributed by atoms with E-state index < -0.39 is 0 Å². The maximum Gasteiger partial charge on any atom is 0.0889 e. The molecule has 1 aromatic heterocycles. The quantitative estimate of drug-likeness (QED) is 0.694. The lowest BCUT2D eigenvalue weighted by atomic mass is 10.2. The van der Waals surface area contributed by atoms with Gasteiger partial charge in [-0.2, -0.15) is 0 Å². The van der Waals surface area contributed by atoms with Crippen molar-refractivity contribution < 1.29 is 0 Å². The molecule has 2 N–H and O–H groups in total. The van der Waals surface area contributed by atoms with Crippen molar-refractivity contribution in [2.24, 2.45) is 0 Å². The summed E-state index contributed by atoms with van der Waals surface area (Å²) in [5, 5.41) is 1.89. The molecule has 1 nitrogen and oxygen atoms in total. The number of anilines is 1. The van der Waals surface area contributed by atoms with Crippen molar-refractivity contribution >= 4 is 50.5 Å². The van der Waals surface area contributed by atoms with Gasteiger partial charge in [0, 0.05) is 20.0 Å². The SMILES string of the molecule is Nc1c(Sc2ccc(Cl)cc2)sc2ccccc12. The van der Waals surface area contributed by atoms with Crippen LogP contribution in [0, 0.1) is 0 Å². The molecule has 90 valence electrons. The standard InChI is InChI=1S/C14H10ClNS2/c15-9-5-7-10(8-6-9)17-14-13(16)11-3-1-2-4-12(11)18-14/h1-8H,16H2. The summed E-state index contributed by atoms with van der Waals surface area (Å²) in [6.45, 7) is 0. The molecule has 0 spiro atoms. The van der Waals surface area contributed by atoms with E-state index in [9.17, 15) is 0 Å². The van der Waals surface area contributed by atoms with Crippen molar-refractivity contribution in [3.8, 4) is 0 Å². The van der Waals surface area contributed by atoms with Gasteiger partial charge < -0.3 is 5.73 Å². The van der Waals surface area contributed by atoms with Gasteiger partial charge in [-0.1, -0.05) is 41.6 Å². The maximum absolute atomic E-state index is 6.18. The first-order valence-corrected chi connectivity index (χ1v) is 7.45. The summed E-state index contributed by atoms with van der Waals surface area (Å²) in [4.78, 5) is 1.15. The van der Waals surface area contributed by atoms with Crippen molar-refractivity contribution in [3.05, 3.63) is 53.6 Å². The first kappa shape index (κ1) is 11.9. The minimum Gasteiger partial charge on any atom is -0.397 e. The zero-order chi connectivity index (χ0) is 12.5. The lowest BCUT2D eigenvalue weighted by Crippen LogP contribution is -1.83.